The van der Waals surface area contributed by atoms with E-state index >= 15 is 0 Å². The molecule has 2 amide bonds. The molecule has 1 fully saturated rings. The molecule has 2 aromatic rings. The van der Waals surface area contributed by atoms with E-state index in [4.69, 9.17) is 0 Å². The molecule has 1 aliphatic heterocycles. The lowest BCUT2D eigenvalue weighted by atomic mass is 10.1. The van der Waals surface area contributed by atoms with E-state index in [1.54, 1.807) is 12.2 Å². The molecule has 1 heterocycles. The number of rotatable bonds is 4. The fourth-order valence-electron chi connectivity index (χ4n) is 3.62. The maximum atomic E-state index is 12.7. The topological polar surface area (TPSA) is 40.6 Å². The predicted molar refractivity (Wildman–Crippen MR) is 123 cm³/mol. The summed E-state index contributed by atoms with van der Waals surface area (Å²) in [5.41, 5.74) is 4.39. The third-order valence-electron chi connectivity index (χ3n) is 5.54. The number of piperazine rings is 1. The van der Waals surface area contributed by atoms with Crippen molar-refractivity contribution in [3.8, 4) is 0 Å². The second-order valence-electron chi connectivity index (χ2n) is 8.17. The first-order chi connectivity index (χ1) is 14.3. The van der Waals surface area contributed by atoms with Crippen LogP contribution >= 0.6 is 0 Å². The summed E-state index contributed by atoms with van der Waals surface area (Å²) < 4.78 is 0. The molecule has 3 rings (SSSR count). The Hall–Kier alpha value is -3.14. The third-order valence-corrected chi connectivity index (χ3v) is 5.54. The van der Waals surface area contributed by atoms with Gasteiger partial charge in [0, 0.05) is 37.3 Å². The van der Waals surface area contributed by atoms with E-state index < -0.39 is 0 Å². The van der Waals surface area contributed by atoms with E-state index in [9.17, 15) is 9.59 Å². The van der Waals surface area contributed by atoms with Gasteiger partial charge in [-0.25, -0.2) is 0 Å². The van der Waals surface area contributed by atoms with Gasteiger partial charge in [0.05, 0.1) is 0 Å². The van der Waals surface area contributed by atoms with E-state index in [1.807, 2.05) is 98.2 Å². The smallest absolute Gasteiger partial charge is 0.246 e. The number of benzene rings is 2. The molecule has 1 saturated heterocycles. The van der Waals surface area contributed by atoms with Crippen LogP contribution in [0.3, 0.4) is 0 Å². The SMILES string of the molecule is Cc1ccc(/C=C/C(=O)N2C[C@H](C)N(C(=O)/C=C/c3ccc(C)cc3)C[C@H]2C)cc1. The Morgan fingerprint density at radius 2 is 1.03 bits per heavy atom. The van der Waals surface area contributed by atoms with Crippen LogP contribution in [0.1, 0.15) is 36.1 Å². The quantitative estimate of drug-likeness (QED) is 0.708. The van der Waals surface area contributed by atoms with E-state index in [0.29, 0.717) is 13.1 Å². The largest absolute Gasteiger partial charge is 0.333 e. The number of amides is 2. The molecule has 0 radical (unpaired) electrons. The van der Waals surface area contributed by atoms with E-state index in [-0.39, 0.29) is 23.9 Å². The van der Waals surface area contributed by atoms with Crippen molar-refractivity contribution in [3.05, 3.63) is 82.9 Å². The number of hydrogen-bond donors (Lipinski definition) is 0. The van der Waals surface area contributed by atoms with Crippen molar-refractivity contribution in [1.29, 1.82) is 0 Å². The lowest BCUT2D eigenvalue weighted by Crippen LogP contribution is -2.59. The van der Waals surface area contributed by atoms with Crippen LogP contribution in [0.2, 0.25) is 0 Å². The van der Waals surface area contributed by atoms with Gasteiger partial charge in [-0.05, 0) is 51.0 Å². The summed E-state index contributed by atoms with van der Waals surface area (Å²) in [6, 6.07) is 16.1. The van der Waals surface area contributed by atoms with Crippen molar-refractivity contribution in [2.24, 2.45) is 0 Å². The van der Waals surface area contributed by atoms with Crippen LogP contribution in [-0.2, 0) is 9.59 Å². The van der Waals surface area contributed by atoms with Crippen molar-refractivity contribution >= 4 is 24.0 Å². The summed E-state index contributed by atoms with van der Waals surface area (Å²) in [6.07, 6.45) is 6.95. The molecule has 156 valence electrons. The Labute approximate surface area is 179 Å². The van der Waals surface area contributed by atoms with Gasteiger partial charge in [-0.1, -0.05) is 59.7 Å². The Morgan fingerprint density at radius 1 is 0.700 bits per heavy atom. The van der Waals surface area contributed by atoms with E-state index in [1.165, 1.54) is 11.1 Å². The van der Waals surface area contributed by atoms with Gasteiger partial charge in [0.1, 0.15) is 0 Å². The average molecular weight is 403 g/mol. The summed E-state index contributed by atoms with van der Waals surface area (Å²) in [4.78, 5) is 29.2. The van der Waals surface area contributed by atoms with Crippen molar-refractivity contribution in [2.45, 2.75) is 39.8 Å². The highest BCUT2D eigenvalue weighted by atomic mass is 16.2. The van der Waals surface area contributed by atoms with E-state index in [2.05, 4.69) is 0 Å². The fourth-order valence-corrected chi connectivity index (χ4v) is 3.62. The molecular weight excluding hydrogens is 372 g/mol. The van der Waals surface area contributed by atoms with Crippen LogP contribution in [-0.4, -0.2) is 46.8 Å². The highest BCUT2D eigenvalue weighted by Crippen LogP contribution is 2.17. The van der Waals surface area contributed by atoms with Crippen LogP contribution in [0.25, 0.3) is 12.2 Å². The van der Waals surface area contributed by atoms with Crippen LogP contribution in [0.5, 0.6) is 0 Å². The van der Waals surface area contributed by atoms with Gasteiger partial charge in [-0.3, -0.25) is 9.59 Å². The molecule has 2 atom stereocenters. The molecule has 4 nitrogen and oxygen atoms in total. The average Bonchev–Trinajstić information content (AvgIpc) is 2.73. The molecule has 1 aliphatic rings. The first-order valence-corrected chi connectivity index (χ1v) is 10.4. The molecule has 0 spiro atoms. The Balaban J connectivity index is 1.61. The Morgan fingerprint density at radius 3 is 1.37 bits per heavy atom. The summed E-state index contributed by atoms with van der Waals surface area (Å²) in [5.74, 6) is -0.0329. The number of carbonyl (C=O) groups is 2. The summed E-state index contributed by atoms with van der Waals surface area (Å²) >= 11 is 0. The molecule has 0 unspecified atom stereocenters. The molecule has 0 N–H and O–H groups in total. The minimum absolute atomic E-state index is 0.0165. The summed E-state index contributed by atoms with van der Waals surface area (Å²) in [5, 5.41) is 0. The van der Waals surface area contributed by atoms with Crippen LogP contribution < -0.4 is 0 Å². The molecule has 0 bridgehead atoms. The van der Waals surface area contributed by atoms with Crippen LogP contribution in [0.4, 0.5) is 0 Å². The van der Waals surface area contributed by atoms with Crippen molar-refractivity contribution in [1.82, 2.24) is 9.80 Å². The zero-order valence-electron chi connectivity index (χ0n) is 18.2. The number of aryl methyl sites for hydroxylation is 2. The molecule has 2 aromatic carbocycles. The van der Waals surface area contributed by atoms with Gasteiger partial charge < -0.3 is 9.80 Å². The molecule has 4 heteroatoms. The standard InChI is InChI=1S/C26H30N2O2/c1-19-5-9-23(10-6-19)13-15-25(29)27-17-22(4)28(18-21(27)3)26(30)16-14-24-11-7-20(2)8-12-24/h5-16,21-22H,17-18H2,1-4H3/b15-13+,16-14+/t21-,22+. The molecule has 0 saturated carbocycles. The summed E-state index contributed by atoms with van der Waals surface area (Å²) in [6.45, 7) is 9.13. The van der Waals surface area contributed by atoms with Crippen LogP contribution in [0.15, 0.2) is 60.7 Å². The third kappa shape index (κ3) is 5.47. The lowest BCUT2D eigenvalue weighted by Gasteiger charge is -2.43. The first kappa shape index (κ1) is 21.6. The predicted octanol–water partition coefficient (Wildman–Crippen LogP) is 4.48. The maximum absolute atomic E-state index is 12.7. The van der Waals surface area contributed by atoms with E-state index in [0.717, 1.165) is 11.1 Å². The lowest BCUT2D eigenvalue weighted by molar-refractivity contribution is -0.139. The minimum Gasteiger partial charge on any atom is -0.333 e. The zero-order chi connectivity index (χ0) is 21.7. The molecule has 0 aromatic heterocycles. The molecule has 0 aliphatic carbocycles. The minimum atomic E-state index is -0.0342. The van der Waals surface area contributed by atoms with Gasteiger partial charge in [0.15, 0.2) is 0 Å². The Kier molecular flexibility index (Phi) is 6.88. The van der Waals surface area contributed by atoms with Gasteiger partial charge >= 0.3 is 0 Å². The van der Waals surface area contributed by atoms with Crippen molar-refractivity contribution < 1.29 is 9.59 Å². The van der Waals surface area contributed by atoms with Crippen molar-refractivity contribution in [3.63, 3.8) is 0 Å². The van der Waals surface area contributed by atoms with Gasteiger partial charge in [0.25, 0.3) is 0 Å². The zero-order valence-corrected chi connectivity index (χ0v) is 18.2. The van der Waals surface area contributed by atoms with Crippen molar-refractivity contribution in [2.75, 3.05) is 13.1 Å². The summed E-state index contributed by atoms with van der Waals surface area (Å²) in [7, 11) is 0. The highest BCUT2D eigenvalue weighted by Gasteiger charge is 2.32. The second kappa shape index (κ2) is 9.57. The maximum Gasteiger partial charge on any atom is 0.246 e. The number of hydrogen-bond acceptors (Lipinski definition) is 2. The normalized spacial score (nSPS) is 19.6. The number of nitrogens with zero attached hydrogens (tertiary/aromatic N) is 2. The van der Waals surface area contributed by atoms with Crippen LogP contribution in [0, 0.1) is 13.8 Å². The highest BCUT2D eigenvalue weighted by molar-refractivity contribution is 5.94. The second-order valence-corrected chi connectivity index (χ2v) is 8.17. The first-order valence-electron chi connectivity index (χ1n) is 10.4. The van der Waals surface area contributed by atoms with Gasteiger partial charge in [0.2, 0.25) is 11.8 Å². The molecule has 30 heavy (non-hydrogen) atoms. The fraction of sp³-hybridized carbons (Fsp3) is 0.308. The molecular formula is C26H30N2O2. The Bertz CT molecular complexity index is 863. The monoisotopic (exact) mass is 402 g/mol. The number of carbonyl (C=O) groups excluding carboxylic acids is 2. The van der Waals surface area contributed by atoms with Gasteiger partial charge in [-0.2, -0.15) is 0 Å². The van der Waals surface area contributed by atoms with Gasteiger partial charge in [-0.15, -0.1) is 0 Å².